The number of hydrogen-bond donors (Lipinski definition) is 1. The third kappa shape index (κ3) is 4.17. The molecule has 0 amide bonds. The second-order valence-corrected chi connectivity index (χ2v) is 5.39. The predicted molar refractivity (Wildman–Crippen MR) is 57.6 cm³/mol. The molecule has 100 valence electrons. The minimum Gasteiger partial charge on any atom is -0.476 e. The summed E-state index contributed by atoms with van der Waals surface area (Å²) in [5.74, 6) is -3.73. The molecule has 0 radical (unpaired) electrons. The topological polar surface area (TPSA) is 124 Å². The summed E-state index contributed by atoms with van der Waals surface area (Å²) in [6.07, 6.45) is 0. The molecule has 9 heteroatoms. The molecule has 0 atom stereocenters. The fourth-order valence-corrected chi connectivity index (χ4v) is 2.25. The van der Waals surface area contributed by atoms with Gasteiger partial charge in [0, 0.05) is 6.07 Å². The molecule has 0 aliphatic rings. The number of ether oxygens (including phenoxy) is 1. The zero-order chi connectivity index (χ0) is 13.8. The molecule has 1 aromatic heterocycles. The number of sulfone groups is 1. The monoisotopic (exact) mass is 277 g/mol. The molecule has 18 heavy (non-hydrogen) atoms. The van der Waals surface area contributed by atoms with Crippen LogP contribution in [0.1, 0.15) is 23.2 Å². The molecule has 1 heterocycles. The van der Waals surface area contributed by atoms with Gasteiger partial charge in [0.1, 0.15) is 11.5 Å². The van der Waals surface area contributed by atoms with Gasteiger partial charge in [-0.25, -0.2) is 13.2 Å². The number of carbonyl (C=O) groups is 2. The quantitative estimate of drug-likeness (QED) is 0.712. The van der Waals surface area contributed by atoms with E-state index in [-0.39, 0.29) is 12.4 Å². The summed E-state index contributed by atoms with van der Waals surface area (Å²) in [6, 6.07) is 0.991. The molecular weight excluding hydrogens is 266 g/mol. The Labute approximate surface area is 102 Å². The number of carbonyl (C=O) groups excluding carboxylic acids is 1. The van der Waals surface area contributed by atoms with Crippen LogP contribution in [0.4, 0.5) is 0 Å². The fraction of sp³-hybridized carbons (Fsp3) is 0.444. The molecule has 0 bridgehead atoms. The van der Waals surface area contributed by atoms with Crippen molar-refractivity contribution in [2.75, 3.05) is 12.4 Å². The first-order chi connectivity index (χ1) is 8.34. The second kappa shape index (κ2) is 5.63. The molecule has 0 fully saturated rings. The summed E-state index contributed by atoms with van der Waals surface area (Å²) >= 11 is 0. The number of rotatable bonds is 6. The first-order valence-electron chi connectivity index (χ1n) is 4.89. The van der Waals surface area contributed by atoms with E-state index in [0.29, 0.717) is 0 Å². The first-order valence-corrected chi connectivity index (χ1v) is 6.71. The van der Waals surface area contributed by atoms with Gasteiger partial charge in [-0.1, -0.05) is 5.16 Å². The zero-order valence-corrected chi connectivity index (χ0v) is 10.3. The molecule has 1 rings (SSSR count). The molecule has 0 saturated heterocycles. The summed E-state index contributed by atoms with van der Waals surface area (Å²) < 4.78 is 32.1. The van der Waals surface area contributed by atoms with E-state index in [0.717, 1.165) is 6.07 Å². The highest BCUT2D eigenvalue weighted by atomic mass is 32.2. The number of carboxylic acids is 1. The van der Waals surface area contributed by atoms with Gasteiger partial charge in [0.2, 0.25) is 0 Å². The minimum absolute atomic E-state index is 0.0832. The molecule has 8 nitrogen and oxygen atoms in total. The van der Waals surface area contributed by atoms with Crippen molar-refractivity contribution < 1.29 is 32.4 Å². The number of esters is 1. The standard InChI is InChI=1S/C9H11NO7S/c1-2-16-8(11)5-18(14,15)4-6-3-7(9(12)13)10-17-6/h3H,2,4-5H2,1H3,(H,12,13). The molecule has 0 saturated carbocycles. The molecule has 0 aromatic carbocycles. The normalized spacial score (nSPS) is 11.2. The number of carboxylic acid groups (broad SMARTS) is 1. The van der Waals surface area contributed by atoms with E-state index in [1.807, 2.05) is 0 Å². The van der Waals surface area contributed by atoms with Gasteiger partial charge in [-0.2, -0.15) is 0 Å². The lowest BCUT2D eigenvalue weighted by molar-refractivity contribution is -0.139. The van der Waals surface area contributed by atoms with Gasteiger partial charge in [-0.05, 0) is 6.92 Å². The lowest BCUT2D eigenvalue weighted by atomic mass is 10.4. The Morgan fingerprint density at radius 2 is 2.17 bits per heavy atom. The first kappa shape index (κ1) is 14.2. The lowest BCUT2D eigenvalue weighted by Gasteiger charge is -2.01. The molecule has 0 aliphatic heterocycles. The molecule has 0 spiro atoms. The number of aromatic carboxylic acids is 1. The van der Waals surface area contributed by atoms with Crippen LogP contribution < -0.4 is 0 Å². The van der Waals surface area contributed by atoms with E-state index >= 15 is 0 Å². The van der Waals surface area contributed by atoms with Gasteiger partial charge < -0.3 is 14.4 Å². The second-order valence-electron chi connectivity index (χ2n) is 3.32. The smallest absolute Gasteiger partial charge is 0.358 e. The van der Waals surface area contributed by atoms with E-state index in [4.69, 9.17) is 5.11 Å². The minimum atomic E-state index is -3.77. The number of nitrogens with zero attached hydrogens (tertiary/aromatic N) is 1. The number of aromatic nitrogens is 1. The highest BCUT2D eigenvalue weighted by molar-refractivity contribution is 7.91. The van der Waals surface area contributed by atoms with Gasteiger partial charge in [0.25, 0.3) is 0 Å². The van der Waals surface area contributed by atoms with Crippen molar-refractivity contribution in [2.24, 2.45) is 0 Å². The van der Waals surface area contributed by atoms with Gasteiger partial charge in [-0.15, -0.1) is 0 Å². The maximum atomic E-state index is 11.5. The van der Waals surface area contributed by atoms with E-state index in [1.165, 1.54) is 0 Å². The average molecular weight is 277 g/mol. The Balaban J connectivity index is 2.70. The Hall–Kier alpha value is -1.90. The van der Waals surface area contributed by atoms with Crippen LogP contribution in [0, 0.1) is 0 Å². The van der Waals surface area contributed by atoms with E-state index in [9.17, 15) is 18.0 Å². The maximum Gasteiger partial charge on any atom is 0.358 e. The van der Waals surface area contributed by atoms with Crippen molar-refractivity contribution in [1.82, 2.24) is 5.16 Å². The van der Waals surface area contributed by atoms with Crippen LogP contribution in [-0.2, 0) is 25.1 Å². The Morgan fingerprint density at radius 1 is 1.50 bits per heavy atom. The zero-order valence-electron chi connectivity index (χ0n) is 9.45. The molecule has 1 N–H and O–H groups in total. The van der Waals surface area contributed by atoms with Crippen LogP contribution in [0.2, 0.25) is 0 Å². The maximum absolute atomic E-state index is 11.5. The van der Waals surface area contributed by atoms with Gasteiger partial charge in [-0.3, -0.25) is 4.79 Å². The summed E-state index contributed by atoms with van der Waals surface area (Å²) in [7, 11) is -3.77. The molecular formula is C9H11NO7S. The Bertz CT molecular complexity index is 545. The third-order valence-corrected chi connectivity index (χ3v) is 3.18. The van der Waals surface area contributed by atoms with Crippen molar-refractivity contribution in [3.63, 3.8) is 0 Å². The van der Waals surface area contributed by atoms with E-state index in [2.05, 4.69) is 14.4 Å². The average Bonchev–Trinajstić information content (AvgIpc) is 2.64. The van der Waals surface area contributed by atoms with Crippen molar-refractivity contribution in [2.45, 2.75) is 12.7 Å². The summed E-state index contributed by atoms with van der Waals surface area (Å²) in [4.78, 5) is 21.5. The molecule has 0 unspecified atom stereocenters. The van der Waals surface area contributed by atoms with Crippen molar-refractivity contribution in [1.29, 1.82) is 0 Å². The van der Waals surface area contributed by atoms with Crippen LogP contribution in [0.15, 0.2) is 10.6 Å². The van der Waals surface area contributed by atoms with Crippen molar-refractivity contribution in [3.05, 3.63) is 17.5 Å². The SMILES string of the molecule is CCOC(=O)CS(=O)(=O)Cc1cc(C(=O)O)no1. The molecule has 1 aromatic rings. The summed E-state index contributed by atoms with van der Waals surface area (Å²) in [6.45, 7) is 1.64. The van der Waals surface area contributed by atoms with Crippen LogP contribution >= 0.6 is 0 Å². The Kier molecular flexibility index (Phi) is 4.43. The number of hydrogen-bond acceptors (Lipinski definition) is 7. The van der Waals surface area contributed by atoms with Crippen molar-refractivity contribution >= 4 is 21.8 Å². The van der Waals surface area contributed by atoms with Gasteiger partial charge in [0.05, 0.1) is 6.61 Å². The van der Waals surface area contributed by atoms with Gasteiger partial charge in [0.15, 0.2) is 21.3 Å². The van der Waals surface area contributed by atoms with Crippen LogP contribution in [0.5, 0.6) is 0 Å². The lowest BCUT2D eigenvalue weighted by Crippen LogP contribution is -2.19. The van der Waals surface area contributed by atoms with Crippen molar-refractivity contribution in [3.8, 4) is 0 Å². The largest absolute Gasteiger partial charge is 0.476 e. The highest BCUT2D eigenvalue weighted by Gasteiger charge is 2.21. The molecule has 0 aliphatic carbocycles. The van der Waals surface area contributed by atoms with Crippen LogP contribution in [0.3, 0.4) is 0 Å². The highest BCUT2D eigenvalue weighted by Crippen LogP contribution is 2.09. The van der Waals surface area contributed by atoms with Crippen LogP contribution in [0.25, 0.3) is 0 Å². The van der Waals surface area contributed by atoms with Crippen LogP contribution in [-0.4, -0.2) is 43.0 Å². The predicted octanol–water partition coefficient (Wildman–Crippen LogP) is -0.149. The summed E-state index contributed by atoms with van der Waals surface area (Å²) in [5, 5.41) is 11.7. The summed E-state index contributed by atoms with van der Waals surface area (Å²) in [5.41, 5.74) is -0.392. The van der Waals surface area contributed by atoms with E-state index in [1.54, 1.807) is 6.92 Å². The fourth-order valence-electron chi connectivity index (χ4n) is 1.13. The van der Waals surface area contributed by atoms with E-state index < -0.39 is 39.0 Å². The Morgan fingerprint density at radius 3 is 2.67 bits per heavy atom. The third-order valence-electron chi connectivity index (χ3n) is 1.78. The van der Waals surface area contributed by atoms with Gasteiger partial charge >= 0.3 is 11.9 Å².